The highest BCUT2D eigenvalue weighted by molar-refractivity contribution is 5.94. The molecule has 0 N–H and O–H groups in total. The highest BCUT2D eigenvalue weighted by Crippen LogP contribution is 2.00. The minimum absolute atomic E-state index is 0.0194. The van der Waals surface area contributed by atoms with E-state index in [2.05, 4.69) is 11.1 Å². The van der Waals surface area contributed by atoms with Crippen molar-refractivity contribution in [2.45, 2.75) is 13.0 Å². The molecule has 0 spiro atoms. The Balaban J connectivity index is 2.20. The average Bonchev–Trinajstić information content (AvgIpc) is 2.42. The third kappa shape index (κ3) is 2.77. The fourth-order valence-electron chi connectivity index (χ4n) is 1.67. The first-order valence-corrected chi connectivity index (χ1v) is 5.59. The summed E-state index contributed by atoms with van der Waals surface area (Å²) in [5.41, 5.74) is 1.41. The van der Waals surface area contributed by atoms with Gasteiger partial charge in [-0.15, -0.1) is 0 Å². The highest BCUT2D eigenvalue weighted by Gasteiger charge is 2.15. The molecule has 4 nitrogen and oxygen atoms in total. The topological polar surface area (TPSA) is 57.6 Å². The lowest BCUT2D eigenvalue weighted by molar-refractivity contribution is -0.690. The molecule has 0 aliphatic carbocycles. The number of nitrogens with zero attached hydrogens (tertiary/aromatic N) is 3. The molecule has 0 radical (unpaired) electrons. The van der Waals surface area contributed by atoms with E-state index in [1.165, 1.54) is 0 Å². The summed E-state index contributed by atoms with van der Waals surface area (Å²) >= 11 is 0. The Bertz CT molecular complexity index is 587. The molecule has 0 unspecified atom stereocenters. The van der Waals surface area contributed by atoms with Crippen molar-refractivity contribution in [3.8, 4) is 6.07 Å². The SMILES string of the molecule is N#CCc1cncc[n+]1CC(=O)c1ccccc1. The van der Waals surface area contributed by atoms with E-state index in [0.29, 0.717) is 5.56 Å². The summed E-state index contributed by atoms with van der Waals surface area (Å²) in [4.78, 5) is 16.0. The molecule has 18 heavy (non-hydrogen) atoms. The van der Waals surface area contributed by atoms with Gasteiger partial charge < -0.3 is 0 Å². The zero-order chi connectivity index (χ0) is 12.8. The molecule has 0 bridgehead atoms. The van der Waals surface area contributed by atoms with Crippen molar-refractivity contribution in [1.82, 2.24) is 4.98 Å². The van der Waals surface area contributed by atoms with Crippen LogP contribution in [-0.4, -0.2) is 10.8 Å². The third-order valence-electron chi connectivity index (χ3n) is 2.60. The molecule has 4 heteroatoms. The van der Waals surface area contributed by atoms with Gasteiger partial charge in [-0.05, 0) is 0 Å². The van der Waals surface area contributed by atoms with Crippen LogP contribution in [-0.2, 0) is 13.0 Å². The van der Waals surface area contributed by atoms with Gasteiger partial charge in [-0.3, -0.25) is 9.78 Å². The standard InChI is InChI=1S/C14H12N3O/c15-7-6-13-10-16-8-9-17(13)11-14(18)12-4-2-1-3-5-12/h1-5,8-10H,6,11H2/q+1. The molecular formula is C14H12N3O+. The molecule has 0 saturated carbocycles. The summed E-state index contributed by atoms with van der Waals surface area (Å²) in [6, 6.07) is 11.2. The molecule has 0 aliphatic rings. The van der Waals surface area contributed by atoms with Crippen molar-refractivity contribution in [2.24, 2.45) is 0 Å². The lowest BCUT2D eigenvalue weighted by Crippen LogP contribution is -2.41. The molecule has 2 rings (SSSR count). The predicted octanol–water partition coefficient (Wildman–Crippen LogP) is 1.32. The monoisotopic (exact) mass is 238 g/mol. The quantitative estimate of drug-likeness (QED) is 0.596. The second-order valence-electron chi connectivity index (χ2n) is 3.82. The second-order valence-corrected chi connectivity index (χ2v) is 3.82. The molecular weight excluding hydrogens is 226 g/mol. The first-order chi connectivity index (χ1) is 8.81. The van der Waals surface area contributed by atoms with Gasteiger partial charge in [0, 0.05) is 5.56 Å². The number of rotatable bonds is 4. The van der Waals surface area contributed by atoms with Crippen molar-refractivity contribution in [3.63, 3.8) is 0 Å². The minimum Gasteiger partial charge on any atom is -0.287 e. The van der Waals surface area contributed by atoms with Crippen LogP contribution < -0.4 is 4.57 Å². The number of ketones is 1. The minimum atomic E-state index is 0.0194. The molecule has 0 atom stereocenters. The Morgan fingerprint density at radius 2 is 2.11 bits per heavy atom. The van der Waals surface area contributed by atoms with Crippen LogP contribution >= 0.6 is 0 Å². The van der Waals surface area contributed by atoms with Gasteiger partial charge in [0.1, 0.15) is 6.42 Å². The van der Waals surface area contributed by atoms with Crippen molar-refractivity contribution in [3.05, 3.63) is 60.2 Å². The van der Waals surface area contributed by atoms with Crippen LogP contribution in [0.5, 0.6) is 0 Å². The van der Waals surface area contributed by atoms with Gasteiger partial charge >= 0.3 is 0 Å². The van der Waals surface area contributed by atoms with Crippen molar-refractivity contribution in [1.29, 1.82) is 5.26 Å². The Morgan fingerprint density at radius 3 is 2.83 bits per heavy atom. The van der Waals surface area contributed by atoms with Crippen LogP contribution in [0.4, 0.5) is 0 Å². The first-order valence-electron chi connectivity index (χ1n) is 5.59. The number of carbonyl (C=O) groups excluding carboxylic acids is 1. The molecule has 0 saturated heterocycles. The molecule has 1 aromatic carbocycles. The van der Waals surface area contributed by atoms with Gasteiger partial charge in [0.05, 0.1) is 18.5 Å². The number of carbonyl (C=O) groups is 1. The van der Waals surface area contributed by atoms with E-state index in [1.54, 1.807) is 35.3 Å². The molecule has 2 aromatic rings. The Labute approximate surface area is 105 Å². The van der Waals surface area contributed by atoms with Crippen LogP contribution in [0.15, 0.2) is 48.9 Å². The van der Waals surface area contributed by atoms with E-state index in [9.17, 15) is 4.79 Å². The largest absolute Gasteiger partial charge is 0.287 e. The summed E-state index contributed by atoms with van der Waals surface area (Å²) in [5, 5.41) is 8.72. The maximum Gasteiger partial charge on any atom is 0.227 e. The van der Waals surface area contributed by atoms with Crippen LogP contribution in [0.25, 0.3) is 0 Å². The Morgan fingerprint density at radius 1 is 1.33 bits per heavy atom. The zero-order valence-electron chi connectivity index (χ0n) is 9.78. The lowest BCUT2D eigenvalue weighted by Gasteiger charge is -2.00. The van der Waals surface area contributed by atoms with Crippen LogP contribution in [0.2, 0.25) is 0 Å². The van der Waals surface area contributed by atoms with Gasteiger partial charge in [0.2, 0.25) is 18.0 Å². The normalized spacial score (nSPS) is 9.72. The molecule has 88 valence electrons. The first kappa shape index (κ1) is 11.9. The number of nitriles is 1. The molecule has 1 aromatic heterocycles. The Kier molecular flexibility index (Phi) is 3.77. The maximum atomic E-state index is 12.0. The van der Waals surface area contributed by atoms with Crippen molar-refractivity contribution >= 4 is 5.78 Å². The second kappa shape index (κ2) is 5.69. The van der Waals surface area contributed by atoms with Gasteiger partial charge in [0.25, 0.3) is 0 Å². The highest BCUT2D eigenvalue weighted by atomic mass is 16.1. The number of hydrogen-bond donors (Lipinski definition) is 0. The smallest absolute Gasteiger partial charge is 0.227 e. The summed E-state index contributed by atoms with van der Waals surface area (Å²) in [7, 11) is 0. The van der Waals surface area contributed by atoms with Gasteiger partial charge in [0.15, 0.2) is 6.20 Å². The van der Waals surface area contributed by atoms with E-state index in [-0.39, 0.29) is 18.7 Å². The van der Waals surface area contributed by atoms with Crippen LogP contribution in [0.1, 0.15) is 16.1 Å². The number of hydrogen-bond acceptors (Lipinski definition) is 3. The molecule has 1 heterocycles. The molecule has 0 fully saturated rings. The predicted molar refractivity (Wildman–Crippen MR) is 64.5 cm³/mol. The fraction of sp³-hybridized carbons (Fsp3) is 0.143. The van der Waals surface area contributed by atoms with E-state index in [1.807, 2.05) is 18.2 Å². The molecule has 0 aliphatic heterocycles. The van der Waals surface area contributed by atoms with E-state index >= 15 is 0 Å². The van der Waals surface area contributed by atoms with Gasteiger partial charge in [-0.1, -0.05) is 30.3 Å². The van der Waals surface area contributed by atoms with E-state index in [4.69, 9.17) is 5.26 Å². The van der Waals surface area contributed by atoms with Crippen LogP contribution in [0, 0.1) is 11.3 Å². The van der Waals surface area contributed by atoms with Crippen molar-refractivity contribution < 1.29 is 9.36 Å². The fourth-order valence-corrected chi connectivity index (χ4v) is 1.67. The molecule has 0 amide bonds. The average molecular weight is 238 g/mol. The number of aromatic nitrogens is 2. The van der Waals surface area contributed by atoms with Gasteiger partial charge in [-0.2, -0.15) is 9.83 Å². The number of Topliss-reactive ketones (excluding diaryl/α,β-unsaturated/α-hetero) is 1. The maximum absolute atomic E-state index is 12.0. The van der Waals surface area contributed by atoms with E-state index < -0.39 is 0 Å². The zero-order valence-corrected chi connectivity index (χ0v) is 9.78. The Hall–Kier alpha value is -2.54. The summed E-state index contributed by atoms with van der Waals surface area (Å²) < 4.78 is 1.76. The lowest BCUT2D eigenvalue weighted by atomic mass is 10.1. The van der Waals surface area contributed by atoms with Gasteiger partial charge in [-0.25, -0.2) is 0 Å². The summed E-state index contributed by atoms with van der Waals surface area (Å²) in [5.74, 6) is 0.0194. The number of benzene rings is 1. The van der Waals surface area contributed by atoms with E-state index in [0.717, 1.165) is 5.69 Å². The van der Waals surface area contributed by atoms with Crippen molar-refractivity contribution in [2.75, 3.05) is 0 Å². The van der Waals surface area contributed by atoms with Crippen LogP contribution in [0.3, 0.4) is 0 Å². The summed E-state index contributed by atoms with van der Waals surface area (Å²) in [6.07, 6.45) is 5.18. The summed E-state index contributed by atoms with van der Waals surface area (Å²) in [6.45, 7) is 0.226. The third-order valence-corrected chi connectivity index (χ3v) is 2.60.